The first-order chi connectivity index (χ1) is 13.0. The van der Waals surface area contributed by atoms with Crippen LogP contribution < -0.4 is 16.0 Å². The van der Waals surface area contributed by atoms with Crippen LogP contribution in [0, 0.1) is 0 Å². The fourth-order valence-corrected chi connectivity index (χ4v) is 3.39. The summed E-state index contributed by atoms with van der Waals surface area (Å²) in [6.07, 6.45) is 0.757. The maximum absolute atomic E-state index is 12.9. The fourth-order valence-electron chi connectivity index (χ4n) is 3.39. The van der Waals surface area contributed by atoms with Crippen LogP contribution in [0.1, 0.15) is 25.3 Å². The van der Waals surface area contributed by atoms with Crippen molar-refractivity contribution in [2.45, 2.75) is 50.7 Å². The van der Waals surface area contributed by atoms with Crippen molar-refractivity contribution in [2.75, 3.05) is 13.7 Å². The maximum atomic E-state index is 12.9. The molecule has 4 atom stereocenters. The minimum Gasteiger partial charge on any atom is -0.356 e. The van der Waals surface area contributed by atoms with Crippen molar-refractivity contribution < 1.29 is 19.1 Å². The number of rotatable bonds is 6. The molecular weight excluding hydrogens is 348 g/mol. The smallest absolute Gasteiger partial charge is 0.250 e. The van der Waals surface area contributed by atoms with Crippen LogP contribution in [-0.4, -0.2) is 60.6 Å². The van der Waals surface area contributed by atoms with E-state index < -0.39 is 24.4 Å². The van der Waals surface area contributed by atoms with Gasteiger partial charge < -0.3 is 25.6 Å². The van der Waals surface area contributed by atoms with Gasteiger partial charge in [-0.2, -0.15) is 0 Å². The Morgan fingerprint density at radius 2 is 2.00 bits per heavy atom. The van der Waals surface area contributed by atoms with E-state index in [2.05, 4.69) is 16.0 Å². The van der Waals surface area contributed by atoms with Gasteiger partial charge in [0.1, 0.15) is 18.3 Å². The third-order valence-corrected chi connectivity index (χ3v) is 5.10. The third kappa shape index (κ3) is 4.28. The highest BCUT2D eigenvalue weighted by Crippen LogP contribution is 2.29. The van der Waals surface area contributed by atoms with Crippen molar-refractivity contribution in [3.8, 4) is 0 Å². The molecule has 146 valence electrons. The number of benzene rings is 1. The lowest BCUT2D eigenvalue weighted by molar-refractivity contribution is -0.167. The monoisotopic (exact) mass is 374 g/mol. The van der Waals surface area contributed by atoms with Gasteiger partial charge in [0.05, 0.1) is 12.6 Å². The molecule has 0 aromatic heterocycles. The van der Waals surface area contributed by atoms with Gasteiger partial charge in [-0.1, -0.05) is 30.3 Å². The van der Waals surface area contributed by atoms with E-state index in [1.165, 1.54) is 4.90 Å². The van der Waals surface area contributed by atoms with Crippen LogP contribution in [0.25, 0.3) is 0 Å². The van der Waals surface area contributed by atoms with E-state index in [0.717, 1.165) is 5.56 Å². The molecule has 2 saturated heterocycles. The number of nitrogens with one attached hydrogen (secondary N) is 3. The Morgan fingerprint density at radius 3 is 2.70 bits per heavy atom. The van der Waals surface area contributed by atoms with Gasteiger partial charge in [0.15, 0.2) is 0 Å². The summed E-state index contributed by atoms with van der Waals surface area (Å²) in [5.41, 5.74) is 0.993. The van der Waals surface area contributed by atoms with Gasteiger partial charge >= 0.3 is 0 Å². The number of carbonyl (C=O) groups is 3. The normalized spacial score (nSPS) is 25.6. The number of hydrogen-bond donors (Lipinski definition) is 3. The lowest BCUT2D eigenvalue weighted by Gasteiger charge is -2.37. The van der Waals surface area contributed by atoms with Crippen LogP contribution in [0.2, 0.25) is 0 Å². The number of hydrogen-bond acceptors (Lipinski definition) is 5. The number of ether oxygens (including phenoxy) is 1. The second-order valence-corrected chi connectivity index (χ2v) is 6.90. The van der Waals surface area contributed by atoms with E-state index in [1.54, 1.807) is 14.0 Å². The van der Waals surface area contributed by atoms with Gasteiger partial charge in [-0.25, -0.2) is 0 Å². The fraction of sp³-hybridized carbons (Fsp3) is 0.526. The second-order valence-electron chi connectivity index (χ2n) is 6.90. The lowest BCUT2D eigenvalue weighted by atomic mass is 10.1. The van der Waals surface area contributed by atoms with Crippen molar-refractivity contribution in [3.63, 3.8) is 0 Å². The largest absolute Gasteiger partial charge is 0.356 e. The number of carbonyl (C=O) groups excluding carboxylic acids is 3. The molecule has 2 aliphatic rings. The predicted molar refractivity (Wildman–Crippen MR) is 98.3 cm³/mol. The van der Waals surface area contributed by atoms with Crippen LogP contribution in [0.15, 0.2) is 30.3 Å². The topological polar surface area (TPSA) is 99.8 Å². The molecule has 2 fully saturated rings. The molecule has 2 heterocycles. The molecule has 3 amide bonds. The Hall–Kier alpha value is -2.45. The van der Waals surface area contributed by atoms with Crippen LogP contribution in [0.3, 0.4) is 0 Å². The zero-order chi connectivity index (χ0) is 19.4. The van der Waals surface area contributed by atoms with E-state index in [0.29, 0.717) is 19.4 Å². The van der Waals surface area contributed by atoms with Crippen LogP contribution >= 0.6 is 0 Å². The molecule has 27 heavy (non-hydrogen) atoms. The van der Waals surface area contributed by atoms with Crippen molar-refractivity contribution in [1.82, 2.24) is 20.9 Å². The molecule has 3 rings (SSSR count). The maximum Gasteiger partial charge on any atom is 0.250 e. The number of nitrogens with zero attached hydrogens (tertiary/aromatic N) is 1. The summed E-state index contributed by atoms with van der Waals surface area (Å²) in [7, 11) is 1.67. The van der Waals surface area contributed by atoms with Gasteiger partial charge in [0, 0.05) is 6.54 Å². The zero-order valence-corrected chi connectivity index (χ0v) is 15.6. The van der Waals surface area contributed by atoms with Gasteiger partial charge in [0.2, 0.25) is 17.7 Å². The molecule has 1 aromatic rings. The van der Waals surface area contributed by atoms with Crippen LogP contribution in [0.5, 0.6) is 0 Å². The SMILES string of the molecule is CNC(C)C(=O)NC1COC2CCC(C(=O)NCc3ccccc3)N2C1=O. The van der Waals surface area contributed by atoms with E-state index in [9.17, 15) is 14.4 Å². The third-order valence-electron chi connectivity index (χ3n) is 5.10. The van der Waals surface area contributed by atoms with Gasteiger partial charge in [-0.3, -0.25) is 14.4 Å². The average Bonchev–Trinajstić information content (AvgIpc) is 3.13. The summed E-state index contributed by atoms with van der Waals surface area (Å²) >= 11 is 0. The first-order valence-corrected chi connectivity index (χ1v) is 9.24. The lowest BCUT2D eigenvalue weighted by Crippen LogP contribution is -2.62. The van der Waals surface area contributed by atoms with Crippen LogP contribution in [0.4, 0.5) is 0 Å². The second kappa shape index (κ2) is 8.49. The number of amides is 3. The number of likely N-dealkylation sites (N-methyl/N-ethyl adjacent to an activating group) is 1. The molecular formula is C19H26N4O4. The summed E-state index contributed by atoms with van der Waals surface area (Å²) in [6.45, 7) is 2.24. The molecule has 8 heteroatoms. The van der Waals surface area contributed by atoms with Crippen molar-refractivity contribution in [3.05, 3.63) is 35.9 Å². The van der Waals surface area contributed by atoms with Crippen molar-refractivity contribution in [2.24, 2.45) is 0 Å². The van der Waals surface area contributed by atoms with E-state index >= 15 is 0 Å². The number of fused-ring (bicyclic) bond motifs is 1. The molecule has 0 bridgehead atoms. The molecule has 0 radical (unpaired) electrons. The molecule has 0 aliphatic carbocycles. The Labute approximate surface area is 158 Å². The Balaban J connectivity index is 1.62. The summed E-state index contributed by atoms with van der Waals surface area (Å²) in [6, 6.07) is 7.84. The van der Waals surface area contributed by atoms with Crippen molar-refractivity contribution >= 4 is 17.7 Å². The van der Waals surface area contributed by atoms with Gasteiger partial charge in [-0.05, 0) is 32.4 Å². The highest BCUT2D eigenvalue weighted by Gasteiger charge is 2.47. The molecule has 8 nitrogen and oxygen atoms in total. The first kappa shape index (κ1) is 19.3. The molecule has 0 spiro atoms. The zero-order valence-electron chi connectivity index (χ0n) is 15.6. The highest BCUT2D eigenvalue weighted by atomic mass is 16.5. The van der Waals surface area contributed by atoms with Crippen LogP contribution in [-0.2, 0) is 25.7 Å². The summed E-state index contributed by atoms with van der Waals surface area (Å²) in [5, 5.41) is 8.42. The van der Waals surface area contributed by atoms with Gasteiger partial charge in [-0.15, -0.1) is 0 Å². The molecule has 4 unspecified atom stereocenters. The molecule has 2 aliphatic heterocycles. The Kier molecular flexibility index (Phi) is 6.08. The van der Waals surface area contributed by atoms with E-state index in [1.807, 2.05) is 30.3 Å². The quantitative estimate of drug-likeness (QED) is 0.637. The Bertz CT molecular complexity index is 696. The Morgan fingerprint density at radius 1 is 1.26 bits per heavy atom. The van der Waals surface area contributed by atoms with Crippen molar-refractivity contribution in [1.29, 1.82) is 0 Å². The molecule has 0 saturated carbocycles. The van der Waals surface area contributed by atoms with E-state index in [-0.39, 0.29) is 24.3 Å². The highest BCUT2D eigenvalue weighted by molar-refractivity contribution is 5.94. The standard InChI is InChI=1S/C19H26N4O4/c1-12(20-2)17(24)22-14-11-27-16-9-8-15(23(16)19(14)26)18(25)21-10-13-6-4-3-5-7-13/h3-7,12,14-16,20H,8-11H2,1-2H3,(H,21,25)(H,22,24). The molecule has 1 aromatic carbocycles. The summed E-state index contributed by atoms with van der Waals surface area (Å²) in [5.74, 6) is -0.740. The first-order valence-electron chi connectivity index (χ1n) is 9.24. The minimum absolute atomic E-state index is 0.126. The molecule has 3 N–H and O–H groups in total. The summed E-state index contributed by atoms with van der Waals surface area (Å²) in [4.78, 5) is 39.1. The van der Waals surface area contributed by atoms with Gasteiger partial charge in [0.25, 0.3) is 0 Å². The summed E-state index contributed by atoms with van der Waals surface area (Å²) < 4.78 is 5.73. The minimum atomic E-state index is -0.771. The predicted octanol–water partition coefficient (Wildman–Crippen LogP) is -0.257. The van der Waals surface area contributed by atoms with E-state index in [4.69, 9.17) is 4.74 Å². The average molecular weight is 374 g/mol.